The van der Waals surface area contributed by atoms with E-state index in [1.54, 1.807) is 84.2 Å². The summed E-state index contributed by atoms with van der Waals surface area (Å²) in [5.41, 5.74) is -0.697. The maximum atomic E-state index is 13.2. The average Bonchev–Trinajstić information content (AvgIpc) is 2.81. The van der Waals surface area contributed by atoms with Crippen molar-refractivity contribution in [2.45, 2.75) is 79.1 Å². The molecule has 1 fully saturated rings. The maximum Gasteiger partial charge on any atom is 0.410 e. The molecule has 0 atom stereocenters. The van der Waals surface area contributed by atoms with E-state index < -0.39 is 35.1 Å². The van der Waals surface area contributed by atoms with E-state index in [-0.39, 0.29) is 26.2 Å². The Kier molecular flexibility index (Phi) is 11.4. The molecular formula is C30H48N4O7. The van der Waals surface area contributed by atoms with Crippen LogP contribution >= 0.6 is 0 Å². The number of amides is 3. The largest absolute Gasteiger partial charge is 0.444 e. The molecule has 0 N–H and O–H groups in total. The van der Waals surface area contributed by atoms with Crippen molar-refractivity contribution in [3.63, 3.8) is 0 Å². The number of aldehydes is 1. The van der Waals surface area contributed by atoms with Crippen molar-refractivity contribution in [1.29, 1.82) is 0 Å². The van der Waals surface area contributed by atoms with Crippen LogP contribution in [0.5, 0.6) is 0 Å². The summed E-state index contributed by atoms with van der Waals surface area (Å²) in [4.78, 5) is 57.4. The van der Waals surface area contributed by atoms with E-state index in [4.69, 9.17) is 14.2 Å². The number of carbonyl (C=O) groups is 4. The lowest BCUT2D eigenvalue weighted by Crippen LogP contribution is -2.51. The molecule has 1 aliphatic rings. The maximum absolute atomic E-state index is 13.2. The molecule has 11 nitrogen and oxygen atoms in total. The Morgan fingerprint density at radius 2 is 0.854 bits per heavy atom. The molecular weight excluding hydrogens is 528 g/mol. The van der Waals surface area contributed by atoms with Gasteiger partial charge in [0.2, 0.25) is 0 Å². The first-order valence-corrected chi connectivity index (χ1v) is 14.1. The van der Waals surface area contributed by atoms with E-state index in [1.807, 2.05) is 12.1 Å². The third-order valence-electron chi connectivity index (χ3n) is 5.91. The van der Waals surface area contributed by atoms with Crippen LogP contribution in [0.1, 0.15) is 72.7 Å². The van der Waals surface area contributed by atoms with E-state index in [2.05, 4.69) is 4.90 Å². The fourth-order valence-corrected chi connectivity index (χ4v) is 3.96. The predicted molar refractivity (Wildman–Crippen MR) is 157 cm³/mol. The Labute approximate surface area is 244 Å². The van der Waals surface area contributed by atoms with Crippen molar-refractivity contribution < 1.29 is 33.4 Å². The van der Waals surface area contributed by atoms with Gasteiger partial charge in [-0.05, 0) is 86.6 Å². The summed E-state index contributed by atoms with van der Waals surface area (Å²) in [6.07, 6.45) is -0.708. The van der Waals surface area contributed by atoms with Crippen LogP contribution < -0.4 is 4.90 Å². The summed E-state index contributed by atoms with van der Waals surface area (Å²) in [6.45, 7) is 18.4. The van der Waals surface area contributed by atoms with Crippen molar-refractivity contribution in [2.75, 3.05) is 57.3 Å². The second-order valence-electron chi connectivity index (χ2n) is 13.1. The normalized spacial score (nSPS) is 16.3. The smallest absolute Gasteiger partial charge is 0.410 e. The molecule has 0 aliphatic carbocycles. The van der Waals surface area contributed by atoms with E-state index in [0.717, 1.165) is 12.0 Å². The topological polar surface area (TPSA) is 109 Å². The Morgan fingerprint density at radius 3 is 1.12 bits per heavy atom. The zero-order chi connectivity index (χ0) is 31.0. The molecule has 1 aromatic carbocycles. The molecule has 1 saturated heterocycles. The van der Waals surface area contributed by atoms with Crippen molar-refractivity contribution in [3.05, 3.63) is 29.8 Å². The Balaban J connectivity index is 2.41. The van der Waals surface area contributed by atoms with Gasteiger partial charge in [0, 0.05) is 63.6 Å². The van der Waals surface area contributed by atoms with Crippen LogP contribution in [-0.2, 0) is 14.2 Å². The van der Waals surface area contributed by atoms with Gasteiger partial charge in [0.15, 0.2) is 0 Å². The molecule has 2 rings (SSSR count). The van der Waals surface area contributed by atoms with Crippen LogP contribution in [0.15, 0.2) is 24.3 Å². The quantitative estimate of drug-likeness (QED) is 0.356. The minimum Gasteiger partial charge on any atom is -0.444 e. The first-order valence-electron chi connectivity index (χ1n) is 14.1. The van der Waals surface area contributed by atoms with Gasteiger partial charge in [-0.1, -0.05) is 0 Å². The first-order chi connectivity index (χ1) is 18.9. The molecule has 1 heterocycles. The fraction of sp³-hybridized carbons (Fsp3) is 0.667. The van der Waals surface area contributed by atoms with Crippen LogP contribution in [0.25, 0.3) is 0 Å². The van der Waals surface area contributed by atoms with Gasteiger partial charge in [0.1, 0.15) is 23.1 Å². The minimum atomic E-state index is -0.712. The van der Waals surface area contributed by atoms with Crippen LogP contribution in [0, 0.1) is 0 Å². The van der Waals surface area contributed by atoms with Crippen molar-refractivity contribution in [1.82, 2.24) is 14.7 Å². The number of hydrogen-bond acceptors (Lipinski definition) is 8. The van der Waals surface area contributed by atoms with Crippen LogP contribution in [0.3, 0.4) is 0 Å². The summed E-state index contributed by atoms with van der Waals surface area (Å²) in [6, 6.07) is 7.15. The number of carbonyl (C=O) groups excluding carboxylic acids is 4. The SMILES string of the molecule is CC(C)(C)OC(=O)N1CCN(C(=O)OC(C)(C)C)CCN(c2ccc(C=O)cc2)CCN(C(=O)OC(C)(C)C)CC1. The van der Waals surface area contributed by atoms with Crippen molar-refractivity contribution in [2.24, 2.45) is 0 Å². The van der Waals surface area contributed by atoms with Crippen LogP contribution in [0.4, 0.5) is 20.1 Å². The summed E-state index contributed by atoms with van der Waals surface area (Å²) in [5.74, 6) is 0. The van der Waals surface area contributed by atoms with Gasteiger partial charge in [-0.3, -0.25) is 4.79 Å². The highest BCUT2D eigenvalue weighted by molar-refractivity contribution is 5.76. The van der Waals surface area contributed by atoms with E-state index in [1.165, 1.54) is 4.90 Å². The second-order valence-corrected chi connectivity index (χ2v) is 13.1. The van der Waals surface area contributed by atoms with Crippen molar-refractivity contribution >= 4 is 30.3 Å². The molecule has 0 aromatic heterocycles. The third kappa shape index (κ3) is 12.3. The molecule has 1 aromatic rings. The number of nitrogens with zero attached hydrogens (tertiary/aromatic N) is 4. The zero-order valence-corrected chi connectivity index (χ0v) is 26.2. The molecule has 3 amide bonds. The molecule has 0 saturated carbocycles. The van der Waals surface area contributed by atoms with Gasteiger partial charge in [-0.25, -0.2) is 14.4 Å². The van der Waals surface area contributed by atoms with Crippen molar-refractivity contribution in [3.8, 4) is 0 Å². The summed E-state index contributed by atoms with van der Waals surface area (Å²) in [7, 11) is 0. The lowest BCUT2D eigenvalue weighted by Gasteiger charge is -2.36. The van der Waals surface area contributed by atoms with E-state index in [0.29, 0.717) is 31.7 Å². The standard InChI is InChI=1S/C30H48N4O7/c1-28(2,3)39-25(36)32-16-14-31(24-12-10-23(22-35)11-13-24)15-17-33(26(37)40-29(4,5)6)19-21-34(20-18-32)27(38)41-30(7,8)9/h10-13,22H,14-21H2,1-9H3. The average molecular weight is 577 g/mol. The number of anilines is 1. The molecule has 11 heteroatoms. The molecule has 0 bridgehead atoms. The number of hydrogen-bond donors (Lipinski definition) is 0. The Bertz CT molecular complexity index is 995. The minimum absolute atomic E-state index is 0.185. The lowest BCUT2D eigenvalue weighted by atomic mass is 10.2. The lowest BCUT2D eigenvalue weighted by molar-refractivity contribution is 0.00807. The summed E-state index contributed by atoms with van der Waals surface area (Å²) >= 11 is 0. The third-order valence-corrected chi connectivity index (χ3v) is 5.91. The highest BCUT2D eigenvalue weighted by Gasteiger charge is 2.29. The van der Waals surface area contributed by atoms with E-state index in [9.17, 15) is 19.2 Å². The van der Waals surface area contributed by atoms with E-state index >= 15 is 0 Å². The van der Waals surface area contributed by atoms with Gasteiger partial charge in [-0.15, -0.1) is 0 Å². The molecule has 1 aliphatic heterocycles. The van der Waals surface area contributed by atoms with Crippen LogP contribution in [-0.4, -0.2) is 108 Å². The molecule has 0 radical (unpaired) electrons. The molecule has 0 unspecified atom stereocenters. The molecule has 230 valence electrons. The Hall–Kier alpha value is -3.50. The summed E-state index contributed by atoms with van der Waals surface area (Å²) < 4.78 is 17.0. The first kappa shape index (κ1) is 33.7. The Morgan fingerprint density at radius 1 is 0.561 bits per heavy atom. The van der Waals surface area contributed by atoms with Gasteiger partial charge < -0.3 is 33.8 Å². The molecule has 0 spiro atoms. The highest BCUT2D eigenvalue weighted by atomic mass is 16.6. The zero-order valence-electron chi connectivity index (χ0n) is 26.2. The monoisotopic (exact) mass is 576 g/mol. The second kappa shape index (κ2) is 13.9. The number of benzene rings is 1. The van der Waals surface area contributed by atoms with Crippen LogP contribution in [0.2, 0.25) is 0 Å². The highest BCUT2D eigenvalue weighted by Crippen LogP contribution is 2.18. The molecule has 41 heavy (non-hydrogen) atoms. The van der Waals surface area contributed by atoms with Gasteiger partial charge in [0.05, 0.1) is 0 Å². The fourth-order valence-electron chi connectivity index (χ4n) is 3.96. The number of ether oxygens (including phenoxy) is 3. The van der Waals surface area contributed by atoms with Gasteiger partial charge in [-0.2, -0.15) is 0 Å². The summed E-state index contributed by atoms with van der Waals surface area (Å²) in [5, 5.41) is 0. The number of rotatable bonds is 2. The van der Waals surface area contributed by atoms with Gasteiger partial charge >= 0.3 is 18.3 Å². The predicted octanol–water partition coefficient (Wildman–Crippen LogP) is 5.03. The van der Waals surface area contributed by atoms with Gasteiger partial charge in [0.25, 0.3) is 0 Å².